The summed E-state index contributed by atoms with van der Waals surface area (Å²) in [5.74, 6) is -1.66. The first kappa shape index (κ1) is 46.6. The number of fused-ring (bicyclic) bond motifs is 4. The van der Waals surface area contributed by atoms with Gasteiger partial charge in [0.05, 0.1) is 74.9 Å². The molecule has 21 heteroatoms. The molecule has 350 valence electrons. The maximum atomic E-state index is 14.1. The van der Waals surface area contributed by atoms with Crippen LogP contribution in [-0.2, 0) is 4.74 Å². The van der Waals surface area contributed by atoms with Gasteiger partial charge in [-0.2, -0.15) is 0 Å². The Hall–Kier alpha value is -7.48. The molecule has 3 atom stereocenters. The molecule has 1 saturated heterocycles. The molecule has 0 spiro atoms. The molecule has 15 nitrogen and oxygen atoms in total. The van der Waals surface area contributed by atoms with E-state index >= 15 is 0 Å². The predicted molar refractivity (Wildman–Crippen MR) is 256 cm³/mol. The molecule has 6 aromatic heterocycles. The Morgan fingerprint density at radius 2 is 1.16 bits per heavy atom. The quantitative estimate of drug-likeness (QED) is 0.0918. The molecule has 1 aliphatic rings. The fraction of sp³-hybridized carbons (Fsp3) is 0.208. The van der Waals surface area contributed by atoms with Gasteiger partial charge < -0.3 is 20.4 Å². The van der Waals surface area contributed by atoms with Crippen molar-refractivity contribution in [2.45, 2.75) is 51.4 Å². The van der Waals surface area contributed by atoms with Crippen LogP contribution in [0.4, 0.5) is 29.2 Å². The summed E-state index contributed by atoms with van der Waals surface area (Å²) in [4.78, 5) is 47.8. The third-order valence-electron chi connectivity index (χ3n) is 11.0. The average molecular weight is 976 g/mol. The van der Waals surface area contributed by atoms with Crippen LogP contribution < -0.4 is 10.6 Å². The van der Waals surface area contributed by atoms with Crippen LogP contribution >= 0.6 is 23.2 Å². The number of rotatable bonds is 9. The zero-order valence-corrected chi connectivity index (χ0v) is 38.3. The van der Waals surface area contributed by atoms with Crippen LogP contribution in [0.25, 0.3) is 66.9 Å². The second-order valence-electron chi connectivity index (χ2n) is 15.7. The summed E-state index contributed by atoms with van der Waals surface area (Å²) >= 11 is 9.53. The molecule has 1 aliphatic heterocycles. The Bertz CT molecular complexity index is 3390. The first-order valence-corrected chi connectivity index (χ1v) is 22.7. The van der Waals surface area contributed by atoms with E-state index in [0.29, 0.717) is 96.5 Å². The molecule has 3 N–H and O–H groups in total. The number of hydrogen-bond donors (Lipinski definition) is 3. The van der Waals surface area contributed by atoms with Crippen molar-refractivity contribution in [1.29, 1.82) is 0 Å². The number of H-pyrrole nitrogens is 1. The van der Waals surface area contributed by atoms with E-state index in [9.17, 15) is 17.6 Å². The summed E-state index contributed by atoms with van der Waals surface area (Å²) in [6, 6.07) is 20.6. The third-order valence-corrected chi connectivity index (χ3v) is 11.0. The van der Waals surface area contributed by atoms with Crippen LogP contribution in [0, 0.1) is 23.3 Å². The van der Waals surface area contributed by atoms with Gasteiger partial charge in [0.15, 0.2) is 28.4 Å². The summed E-state index contributed by atoms with van der Waals surface area (Å²) < 4.78 is 63.9. The molecular formula is C48H40Cl2F4N14O. The van der Waals surface area contributed by atoms with Gasteiger partial charge in [0.25, 0.3) is 0 Å². The normalized spacial score (nSPS) is 14.5. The number of anilines is 2. The van der Waals surface area contributed by atoms with E-state index in [0.717, 1.165) is 31.4 Å². The molecular weight excluding hydrogens is 936 g/mol. The highest BCUT2D eigenvalue weighted by Crippen LogP contribution is 2.34. The molecule has 0 bridgehead atoms. The first-order valence-electron chi connectivity index (χ1n) is 21.6. The van der Waals surface area contributed by atoms with E-state index in [1.54, 1.807) is 6.33 Å². The lowest BCUT2D eigenvalue weighted by Gasteiger charge is -2.23. The number of alkyl halides is 2. The first-order chi connectivity index (χ1) is 33.6. The van der Waals surface area contributed by atoms with E-state index in [1.807, 2.05) is 66.9 Å². The number of ether oxygens (including phenoxy) is 1. The fourth-order valence-corrected chi connectivity index (χ4v) is 7.97. The van der Waals surface area contributed by atoms with Crippen molar-refractivity contribution in [3.05, 3.63) is 145 Å². The third kappa shape index (κ3) is 10.3. The average Bonchev–Trinajstić information content (AvgIpc) is 4.03. The molecule has 10 aromatic rings. The van der Waals surface area contributed by atoms with Gasteiger partial charge in [-0.1, -0.05) is 24.3 Å². The van der Waals surface area contributed by atoms with E-state index in [2.05, 4.69) is 50.5 Å². The molecule has 3 unspecified atom stereocenters. The molecule has 0 radical (unpaired) electrons. The monoisotopic (exact) mass is 974 g/mol. The molecule has 69 heavy (non-hydrogen) atoms. The lowest BCUT2D eigenvalue weighted by atomic mass is 10.0. The number of nitrogens with one attached hydrogen (secondary N) is 3. The van der Waals surface area contributed by atoms with Gasteiger partial charge in [-0.25, -0.2) is 67.4 Å². The van der Waals surface area contributed by atoms with Gasteiger partial charge in [0.2, 0.25) is 0 Å². The van der Waals surface area contributed by atoms with Crippen LogP contribution in [0.3, 0.4) is 0 Å². The number of aromatic nitrogens is 12. The Balaban J connectivity index is 0.000000165. The van der Waals surface area contributed by atoms with E-state index in [1.165, 1.54) is 43.2 Å². The summed E-state index contributed by atoms with van der Waals surface area (Å²) in [6.07, 6.45) is 9.07. The van der Waals surface area contributed by atoms with Crippen molar-refractivity contribution < 1.29 is 22.3 Å². The number of benzene rings is 4. The van der Waals surface area contributed by atoms with Crippen LogP contribution in [0.15, 0.2) is 110 Å². The fourth-order valence-electron chi connectivity index (χ4n) is 7.97. The molecule has 0 aliphatic carbocycles. The highest BCUT2D eigenvalue weighted by atomic mass is 35.5. The van der Waals surface area contributed by atoms with Gasteiger partial charge in [-0.05, 0) is 81.6 Å². The Morgan fingerprint density at radius 1 is 0.652 bits per heavy atom. The number of aromatic amines is 1. The van der Waals surface area contributed by atoms with Crippen molar-refractivity contribution in [1.82, 2.24) is 59.4 Å². The Morgan fingerprint density at radius 3 is 1.70 bits per heavy atom. The Labute approximate surface area is 400 Å². The van der Waals surface area contributed by atoms with E-state index in [4.69, 9.17) is 42.9 Å². The van der Waals surface area contributed by atoms with E-state index in [-0.39, 0.29) is 17.6 Å². The molecule has 11 rings (SSSR count). The highest BCUT2D eigenvalue weighted by molar-refractivity contribution is 6.40. The minimum absolute atomic E-state index is 0.107. The molecule has 1 fully saturated rings. The van der Waals surface area contributed by atoms with Gasteiger partial charge >= 0.3 is 0 Å². The molecule has 0 saturated carbocycles. The number of halogens is 6. The molecule has 0 amide bonds. The maximum Gasteiger partial charge on any atom is 0.182 e. The van der Waals surface area contributed by atoms with Crippen LogP contribution in [-0.4, -0.2) is 71.3 Å². The zero-order valence-electron chi connectivity index (χ0n) is 36.8. The number of hydrogen-bond acceptors (Lipinski definition) is 13. The smallest absolute Gasteiger partial charge is 0.182 e. The highest BCUT2D eigenvalue weighted by Gasteiger charge is 2.24. The van der Waals surface area contributed by atoms with Crippen molar-refractivity contribution >= 4 is 79.2 Å². The van der Waals surface area contributed by atoms with Crippen molar-refractivity contribution in [3.8, 4) is 22.5 Å². The maximum absolute atomic E-state index is 14.1. The van der Waals surface area contributed by atoms with E-state index < -0.39 is 29.3 Å². The Kier molecular flexibility index (Phi) is 14.1. The zero-order chi connectivity index (χ0) is 48.0. The standard InChI is InChI=1S/C26H23F2N7O.C21H15F2N7.CH2Cl2/c1-15(32-25-24-26(30-13-29-25)35(14-31-24)21-8-4-5-9-36-21)22-23(16-10-17(27)12-18(28)11-16)34-20-7-3-2-6-19(20)33-22;1-11(28-21-19-20(25-9-24-19)26-10-27-21)17-18(12-6-13(22)8-14(23)7-12)30-16-5-3-2-4-15(16)29-17;2-1-3/h2-3,6-7,10-15,21H,4-5,8-9H2,1H3,(H,29,30,32);2-11H,1H3,(H2,24,25,26,27,28);1H2. The van der Waals surface area contributed by atoms with Gasteiger partial charge in [0, 0.05) is 29.9 Å². The summed E-state index contributed by atoms with van der Waals surface area (Å²) in [6.45, 7) is 4.48. The van der Waals surface area contributed by atoms with Crippen LogP contribution in [0.5, 0.6) is 0 Å². The lowest BCUT2D eigenvalue weighted by molar-refractivity contribution is -0.0298. The SMILES string of the molecule is CC(Nc1ncnc2c1ncn2C1CCCCO1)c1nc2ccccc2nc1-c1cc(F)cc(F)c1.CC(Nc1ncnc2nc[nH]c12)c1nc2ccccc2nc1-c1cc(F)cc(F)c1.ClCCl. The second-order valence-corrected chi connectivity index (χ2v) is 16.5. The summed E-state index contributed by atoms with van der Waals surface area (Å²) in [5, 5.41) is 6.84. The number of imidazole rings is 2. The van der Waals surface area contributed by atoms with Crippen molar-refractivity contribution in [2.75, 3.05) is 22.6 Å². The number of para-hydroxylation sites is 4. The van der Waals surface area contributed by atoms with Crippen molar-refractivity contribution in [2.24, 2.45) is 0 Å². The lowest BCUT2D eigenvalue weighted by Crippen LogP contribution is -2.18. The van der Waals surface area contributed by atoms with Gasteiger partial charge in [-0.15, -0.1) is 23.2 Å². The molecule has 4 aromatic carbocycles. The predicted octanol–water partition coefficient (Wildman–Crippen LogP) is 11.4. The minimum atomic E-state index is -0.681. The number of nitrogens with zero attached hydrogens (tertiary/aromatic N) is 11. The minimum Gasteiger partial charge on any atom is -0.360 e. The molecule has 7 heterocycles. The van der Waals surface area contributed by atoms with Crippen molar-refractivity contribution in [3.63, 3.8) is 0 Å². The van der Waals surface area contributed by atoms with Crippen LogP contribution in [0.2, 0.25) is 0 Å². The van der Waals surface area contributed by atoms with Gasteiger partial charge in [0.1, 0.15) is 47.7 Å². The summed E-state index contributed by atoms with van der Waals surface area (Å²) in [5.41, 5.74) is 7.51. The van der Waals surface area contributed by atoms with Crippen LogP contribution in [0.1, 0.15) is 62.8 Å². The van der Waals surface area contributed by atoms with Gasteiger partial charge in [-0.3, -0.25) is 4.57 Å². The largest absolute Gasteiger partial charge is 0.360 e. The topological polar surface area (TPSA) is 183 Å². The summed E-state index contributed by atoms with van der Waals surface area (Å²) in [7, 11) is 0. The second kappa shape index (κ2) is 20.8.